The molecule has 1 unspecified atom stereocenters. The van der Waals surface area contributed by atoms with E-state index in [1.54, 1.807) is 24.2 Å². The summed E-state index contributed by atoms with van der Waals surface area (Å²) in [5.41, 5.74) is 9.00. The maximum Gasteiger partial charge on any atom is 0.254 e. The highest BCUT2D eigenvalue weighted by molar-refractivity contribution is 5.95. The second-order valence-corrected chi connectivity index (χ2v) is 8.07. The number of benzene rings is 2. The Kier molecular flexibility index (Phi) is 6.16. The lowest BCUT2D eigenvalue weighted by Crippen LogP contribution is -2.34. The van der Waals surface area contributed by atoms with E-state index in [2.05, 4.69) is 10.3 Å². The van der Waals surface area contributed by atoms with E-state index in [1.807, 2.05) is 36.4 Å². The van der Waals surface area contributed by atoms with Crippen LogP contribution in [0.15, 0.2) is 60.8 Å². The first kappa shape index (κ1) is 21.5. The maximum atomic E-state index is 14.8. The van der Waals surface area contributed by atoms with Gasteiger partial charge in [0, 0.05) is 38.3 Å². The Morgan fingerprint density at radius 2 is 2.00 bits per heavy atom. The van der Waals surface area contributed by atoms with E-state index in [0.29, 0.717) is 30.6 Å². The van der Waals surface area contributed by atoms with Crippen molar-refractivity contribution in [3.8, 4) is 11.1 Å². The lowest BCUT2D eigenvalue weighted by atomic mass is 9.88. The normalized spacial score (nSPS) is 16.1. The number of carbonyl (C=O) groups excluding carboxylic acids is 2. The lowest BCUT2D eigenvalue weighted by Gasteiger charge is -2.29. The zero-order valence-electron chi connectivity index (χ0n) is 17.8. The number of hydrogen-bond acceptors (Lipinski definition) is 4. The van der Waals surface area contributed by atoms with Gasteiger partial charge in [0.1, 0.15) is 11.6 Å². The Balaban J connectivity index is 1.53. The van der Waals surface area contributed by atoms with Crippen molar-refractivity contribution in [1.82, 2.24) is 15.2 Å². The van der Waals surface area contributed by atoms with E-state index in [9.17, 15) is 14.0 Å². The number of carbonyl (C=O) groups is 2. The number of hydrogen-bond donors (Lipinski definition) is 2. The molecule has 32 heavy (non-hydrogen) atoms. The summed E-state index contributed by atoms with van der Waals surface area (Å²) in [5, 5.41) is 2.73. The summed E-state index contributed by atoms with van der Waals surface area (Å²) in [7, 11) is 1.80. The average Bonchev–Trinajstić information content (AvgIpc) is 2.80. The van der Waals surface area contributed by atoms with Crippen LogP contribution in [-0.2, 0) is 11.3 Å². The first-order chi connectivity index (χ1) is 15.4. The predicted octanol–water partition coefficient (Wildman–Crippen LogP) is 3.74. The highest BCUT2D eigenvalue weighted by Gasteiger charge is 2.25. The standard InChI is InChI=1S/C25H25FN4O2/c1-30-10-9-17(13-23(30)31)19-11-21(24(27)28-15-19)18-7-8-20(22(26)12-18)25(32)29-14-16-5-3-2-4-6-16/h2-8,11-12,15,17H,9-10,13-14H2,1H3,(H2,27,28)(H,29,32). The van der Waals surface area contributed by atoms with E-state index >= 15 is 0 Å². The molecule has 1 fully saturated rings. The molecular formula is C25H25FN4O2. The SMILES string of the molecule is CN1CCC(c2cnc(N)c(-c3ccc(C(=O)NCc4ccccc4)c(F)c3)c2)CC1=O. The molecule has 1 atom stereocenters. The number of nitrogen functional groups attached to an aromatic ring is 1. The summed E-state index contributed by atoms with van der Waals surface area (Å²) >= 11 is 0. The monoisotopic (exact) mass is 432 g/mol. The van der Waals surface area contributed by atoms with Gasteiger partial charge in [-0.1, -0.05) is 36.4 Å². The van der Waals surface area contributed by atoms with Crippen LogP contribution in [0, 0.1) is 5.82 Å². The van der Waals surface area contributed by atoms with E-state index < -0.39 is 11.7 Å². The van der Waals surface area contributed by atoms with Crippen LogP contribution in [0.5, 0.6) is 0 Å². The fourth-order valence-corrected chi connectivity index (χ4v) is 3.91. The minimum absolute atomic E-state index is 0.0340. The molecule has 1 saturated heterocycles. The van der Waals surface area contributed by atoms with Crippen molar-refractivity contribution in [2.45, 2.75) is 25.3 Å². The van der Waals surface area contributed by atoms with Crippen molar-refractivity contribution in [3.05, 3.63) is 83.3 Å². The molecule has 3 N–H and O–H groups in total. The van der Waals surface area contributed by atoms with Crippen LogP contribution in [0.3, 0.4) is 0 Å². The molecule has 0 spiro atoms. The van der Waals surface area contributed by atoms with E-state index in [0.717, 1.165) is 17.5 Å². The molecular weight excluding hydrogens is 407 g/mol. The van der Waals surface area contributed by atoms with Gasteiger partial charge in [-0.2, -0.15) is 0 Å². The molecule has 0 radical (unpaired) electrons. The van der Waals surface area contributed by atoms with Gasteiger partial charge in [0.2, 0.25) is 5.91 Å². The van der Waals surface area contributed by atoms with Gasteiger partial charge in [-0.25, -0.2) is 9.37 Å². The van der Waals surface area contributed by atoms with E-state index in [1.165, 1.54) is 12.1 Å². The molecule has 2 aromatic carbocycles. The summed E-state index contributed by atoms with van der Waals surface area (Å²) in [6.45, 7) is 1.000. The number of anilines is 1. The minimum atomic E-state index is -0.632. The van der Waals surface area contributed by atoms with Crippen molar-refractivity contribution in [3.63, 3.8) is 0 Å². The van der Waals surface area contributed by atoms with Crippen molar-refractivity contribution in [2.75, 3.05) is 19.3 Å². The number of pyridine rings is 1. The van der Waals surface area contributed by atoms with Crippen LogP contribution in [0.25, 0.3) is 11.1 Å². The zero-order chi connectivity index (χ0) is 22.7. The van der Waals surface area contributed by atoms with Gasteiger partial charge in [-0.3, -0.25) is 9.59 Å². The molecule has 1 aliphatic rings. The largest absolute Gasteiger partial charge is 0.383 e. The highest BCUT2D eigenvalue weighted by Crippen LogP contribution is 2.33. The summed E-state index contributed by atoms with van der Waals surface area (Å²) in [5.74, 6) is -0.696. The second-order valence-electron chi connectivity index (χ2n) is 8.07. The van der Waals surface area contributed by atoms with Gasteiger partial charge in [0.05, 0.1) is 5.56 Å². The third-order valence-corrected chi connectivity index (χ3v) is 5.89. The Labute approximate surface area is 186 Å². The topological polar surface area (TPSA) is 88.3 Å². The van der Waals surface area contributed by atoms with Gasteiger partial charge in [0.25, 0.3) is 5.91 Å². The number of halogens is 1. The molecule has 2 heterocycles. The van der Waals surface area contributed by atoms with Crippen LogP contribution < -0.4 is 11.1 Å². The summed E-state index contributed by atoms with van der Waals surface area (Å²) < 4.78 is 14.8. The molecule has 0 aliphatic carbocycles. The minimum Gasteiger partial charge on any atom is -0.383 e. The zero-order valence-corrected chi connectivity index (χ0v) is 17.8. The first-order valence-corrected chi connectivity index (χ1v) is 10.5. The van der Waals surface area contributed by atoms with Crippen LogP contribution in [-0.4, -0.2) is 35.3 Å². The summed E-state index contributed by atoms with van der Waals surface area (Å²) in [6, 6.07) is 15.7. The van der Waals surface area contributed by atoms with Gasteiger partial charge >= 0.3 is 0 Å². The van der Waals surface area contributed by atoms with E-state index in [4.69, 9.17) is 5.73 Å². The quantitative estimate of drug-likeness (QED) is 0.643. The number of likely N-dealkylation sites (tertiary alicyclic amines) is 1. The number of piperidine rings is 1. The van der Waals surface area contributed by atoms with Crippen molar-refractivity contribution >= 4 is 17.6 Å². The molecule has 7 heteroatoms. The molecule has 0 bridgehead atoms. The Morgan fingerprint density at radius 1 is 1.22 bits per heavy atom. The highest BCUT2D eigenvalue weighted by atomic mass is 19.1. The second kappa shape index (κ2) is 9.18. The van der Waals surface area contributed by atoms with E-state index in [-0.39, 0.29) is 23.2 Å². The summed E-state index contributed by atoms with van der Waals surface area (Å²) in [6.07, 6.45) is 2.93. The van der Waals surface area contributed by atoms with Gasteiger partial charge < -0.3 is 16.0 Å². The maximum absolute atomic E-state index is 14.8. The third-order valence-electron chi connectivity index (χ3n) is 5.89. The van der Waals surface area contributed by atoms with Crippen molar-refractivity contribution in [1.29, 1.82) is 0 Å². The van der Waals surface area contributed by atoms with Gasteiger partial charge in [-0.05, 0) is 47.2 Å². The molecule has 164 valence electrons. The fraction of sp³-hybridized carbons (Fsp3) is 0.240. The molecule has 4 rings (SSSR count). The first-order valence-electron chi connectivity index (χ1n) is 10.5. The van der Waals surface area contributed by atoms with Crippen LogP contribution in [0.2, 0.25) is 0 Å². The number of rotatable bonds is 5. The molecule has 6 nitrogen and oxygen atoms in total. The number of amides is 2. The number of nitrogens with two attached hydrogens (primary N) is 1. The van der Waals surface area contributed by atoms with Crippen LogP contribution >= 0.6 is 0 Å². The van der Waals surface area contributed by atoms with Gasteiger partial charge in [0.15, 0.2) is 0 Å². The average molecular weight is 432 g/mol. The smallest absolute Gasteiger partial charge is 0.254 e. The number of nitrogens with zero attached hydrogens (tertiary/aromatic N) is 2. The number of aromatic nitrogens is 1. The van der Waals surface area contributed by atoms with Crippen molar-refractivity contribution in [2.24, 2.45) is 0 Å². The summed E-state index contributed by atoms with van der Waals surface area (Å²) in [4.78, 5) is 30.5. The van der Waals surface area contributed by atoms with Crippen molar-refractivity contribution < 1.29 is 14.0 Å². The Morgan fingerprint density at radius 3 is 2.72 bits per heavy atom. The van der Waals surface area contributed by atoms with Crippen LogP contribution in [0.4, 0.5) is 10.2 Å². The van der Waals surface area contributed by atoms with Gasteiger partial charge in [-0.15, -0.1) is 0 Å². The fourth-order valence-electron chi connectivity index (χ4n) is 3.91. The molecule has 1 aliphatic heterocycles. The molecule has 3 aromatic rings. The Hall–Kier alpha value is -3.74. The third kappa shape index (κ3) is 4.61. The molecule has 1 aromatic heterocycles. The number of nitrogens with one attached hydrogen (secondary N) is 1. The molecule has 0 saturated carbocycles. The van der Waals surface area contributed by atoms with Crippen LogP contribution in [0.1, 0.15) is 40.2 Å². The Bertz CT molecular complexity index is 1150. The molecule has 2 amide bonds. The predicted molar refractivity (Wildman–Crippen MR) is 121 cm³/mol. The lowest BCUT2D eigenvalue weighted by molar-refractivity contribution is -0.132.